The molecule has 2 rings (SSSR count). The Morgan fingerprint density at radius 1 is 1.23 bits per heavy atom. The first-order valence-corrected chi connectivity index (χ1v) is 4.84. The molecule has 1 heterocycles. The molecule has 0 spiro atoms. The van der Waals surface area contributed by atoms with Crippen molar-refractivity contribution in [1.82, 2.24) is 10.1 Å². The number of nitrogens with zero attached hydrogens (tertiary/aromatic N) is 2. The lowest BCUT2D eigenvalue weighted by molar-refractivity contribution is 0.404. The van der Waals surface area contributed by atoms with Crippen molar-refractivity contribution in [1.29, 1.82) is 0 Å². The van der Waals surface area contributed by atoms with Gasteiger partial charge in [-0.05, 0) is 32.6 Å². The highest BCUT2D eigenvalue weighted by Gasteiger charge is 2.07. The van der Waals surface area contributed by atoms with Crippen LogP contribution in [0.15, 0.2) is 10.1 Å². The predicted octanol–water partition coefficient (Wildman–Crippen LogP) is 2.73. The van der Waals surface area contributed by atoms with E-state index in [-0.39, 0.29) is 0 Å². The monoisotopic (exact) mass is 178 g/mol. The molecule has 1 fully saturated rings. The average Bonchev–Trinajstić information content (AvgIpc) is 2.53. The Morgan fingerprint density at radius 3 is 2.62 bits per heavy atom. The van der Waals surface area contributed by atoms with Crippen LogP contribution in [0.25, 0.3) is 6.08 Å². The maximum atomic E-state index is 5.03. The van der Waals surface area contributed by atoms with Gasteiger partial charge in [-0.15, -0.1) is 0 Å². The molecule has 0 radical (unpaired) electrons. The smallest absolute Gasteiger partial charge is 0.250 e. The van der Waals surface area contributed by atoms with Crippen LogP contribution in [0.5, 0.6) is 0 Å². The fourth-order valence-electron chi connectivity index (χ4n) is 1.70. The van der Waals surface area contributed by atoms with Gasteiger partial charge in [0.1, 0.15) is 0 Å². The summed E-state index contributed by atoms with van der Waals surface area (Å²) in [5, 5.41) is 3.75. The summed E-state index contributed by atoms with van der Waals surface area (Å²) in [6, 6.07) is 0. The third-order valence-corrected chi connectivity index (χ3v) is 2.37. The van der Waals surface area contributed by atoms with E-state index in [2.05, 4.69) is 10.1 Å². The van der Waals surface area contributed by atoms with Gasteiger partial charge in [-0.2, -0.15) is 4.98 Å². The van der Waals surface area contributed by atoms with Gasteiger partial charge in [0.25, 0.3) is 5.89 Å². The third-order valence-electron chi connectivity index (χ3n) is 2.37. The number of hydrogen-bond acceptors (Lipinski definition) is 3. The van der Waals surface area contributed by atoms with Gasteiger partial charge in [0.05, 0.1) is 0 Å². The number of allylic oxidation sites excluding steroid dienone is 1. The van der Waals surface area contributed by atoms with Crippen molar-refractivity contribution < 1.29 is 4.52 Å². The van der Waals surface area contributed by atoms with E-state index in [1.165, 1.54) is 37.7 Å². The number of aryl methyl sites for hydroxylation is 1. The van der Waals surface area contributed by atoms with Crippen LogP contribution in [-0.4, -0.2) is 10.1 Å². The molecule has 0 amide bonds. The van der Waals surface area contributed by atoms with Crippen LogP contribution in [0.3, 0.4) is 0 Å². The van der Waals surface area contributed by atoms with Gasteiger partial charge in [-0.3, -0.25) is 0 Å². The van der Waals surface area contributed by atoms with Gasteiger partial charge in [-0.1, -0.05) is 17.2 Å². The minimum Gasteiger partial charge on any atom is -0.335 e. The van der Waals surface area contributed by atoms with Crippen LogP contribution >= 0.6 is 0 Å². The molecule has 0 bridgehead atoms. The first-order chi connectivity index (χ1) is 6.34. The molecular weight excluding hydrogens is 164 g/mol. The highest BCUT2D eigenvalue weighted by atomic mass is 16.5. The second-order valence-electron chi connectivity index (χ2n) is 3.54. The summed E-state index contributed by atoms with van der Waals surface area (Å²) in [6.07, 6.45) is 8.40. The molecule has 13 heavy (non-hydrogen) atoms. The van der Waals surface area contributed by atoms with Gasteiger partial charge in [0.15, 0.2) is 5.82 Å². The van der Waals surface area contributed by atoms with E-state index in [9.17, 15) is 0 Å². The first-order valence-electron chi connectivity index (χ1n) is 4.84. The highest BCUT2D eigenvalue weighted by molar-refractivity contribution is 5.43. The topological polar surface area (TPSA) is 38.9 Å². The van der Waals surface area contributed by atoms with Crippen LogP contribution in [0.4, 0.5) is 0 Å². The van der Waals surface area contributed by atoms with E-state index in [1.54, 1.807) is 0 Å². The van der Waals surface area contributed by atoms with Gasteiger partial charge in [0.2, 0.25) is 0 Å². The summed E-state index contributed by atoms with van der Waals surface area (Å²) in [5.74, 6) is 1.37. The summed E-state index contributed by atoms with van der Waals surface area (Å²) in [5.41, 5.74) is 1.45. The summed E-state index contributed by atoms with van der Waals surface area (Å²) in [6.45, 7) is 1.84. The van der Waals surface area contributed by atoms with Gasteiger partial charge >= 0.3 is 0 Å². The molecule has 1 saturated carbocycles. The molecule has 0 atom stereocenters. The van der Waals surface area contributed by atoms with Crippen LogP contribution in [0, 0.1) is 6.92 Å². The average molecular weight is 178 g/mol. The van der Waals surface area contributed by atoms with Crippen molar-refractivity contribution in [2.45, 2.75) is 39.0 Å². The molecule has 1 aromatic heterocycles. The van der Waals surface area contributed by atoms with Gasteiger partial charge in [-0.25, -0.2) is 0 Å². The van der Waals surface area contributed by atoms with Gasteiger partial charge in [0, 0.05) is 6.08 Å². The summed E-state index contributed by atoms with van der Waals surface area (Å²) < 4.78 is 5.03. The fourth-order valence-corrected chi connectivity index (χ4v) is 1.70. The standard InChI is InChI=1S/C10H14N2O/c1-8-11-10(13-12-8)7-9-5-3-2-4-6-9/h7H,2-6H2,1H3. The maximum Gasteiger partial charge on any atom is 0.250 e. The van der Waals surface area contributed by atoms with E-state index in [0.29, 0.717) is 11.7 Å². The lowest BCUT2D eigenvalue weighted by atomic mass is 9.95. The largest absolute Gasteiger partial charge is 0.335 e. The summed E-state index contributed by atoms with van der Waals surface area (Å²) in [7, 11) is 0. The molecule has 1 aromatic rings. The Hall–Kier alpha value is -1.12. The van der Waals surface area contributed by atoms with Crippen molar-refractivity contribution in [3.63, 3.8) is 0 Å². The molecular formula is C10H14N2O. The van der Waals surface area contributed by atoms with E-state index in [4.69, 9.17) is 4.52 Å². The van der Waals surface area contributed by atoms with E-state index < -0.39 is 0 Å². The zero-order valence-electron chi connectivity index (χ0n) is 7.92. The molecule has 3 heteroatoms. The zero-order chi connectivity index (χ0) is 9.10. The molecule has 0 aliphatic heterocycles. The van der Waals surface area contributed by atoms with Crippen molar-refractivity contribution in [2.75, 3.05) is 0 Å². The Bertz CT molecular complexity index is 306. The minimum atomic E-state index is 0.661. The minimum absolute atomic E-state index is 0.661. The third kappa shape index (κ3) is 2.17. The van der Waals surface area contributed by atoms with Crippen molar-refractivity contribution >= 4 is 6.08 Å². The SMILES string of the molecule is Cc1noc(C=C2CCCCC2)n1. The van der Waals surface area contributed by atoms with E-state index in [0.717, 1.165) is 0 Å². The predicted molar refractivity (Wildman–Crippen MR) is 50.1 cm³/mol. The Morgan fingerprint density at radius 2 is 2.00 bits per heavy atom. The zero-order valence-corrected chi connectivity index (χ0v) is 7.92. The van der Waals surface area contributed by atoms with Crippen LogP contribution in [0.1, 0.15) is 43.8 Å². The van der Waals surface area contributed by atoms with Gasteiger partial charge < -0.3 is 4.52 Å². The molecule has 70 valence electrons. The first kappa shape index (κ1) is 8.48. The number of rotatable bonds is 1. The lowest BCUT2D eigenvalue weighted by Gasteiger charge is -2.11. The lowest BCUT2D eigenvalue weighted by Crippen LogP contribution is -1.93. The summed E-state index contributed by atoms with van der Waals surface area (Å²) in [4.78, 5) is 4.15. The van der Waals surface area contributed by atoms with Crippen molar-refractivity contribution in [3.05, 3.63) is 17.3 Å². The van der Waals surface area contributed by atoms with E-state index >= 15 is 0 Å². The van der Waals surface area contributed by atoms with E-state index in [1.807, 2.05) is 13.0 Å². The molecule has 1 aliphatic rings. The number of aromatic nitrogens is 2. The summed E-state index contributed by atoms with van der Waals surface area (Å²) >= 11 is 0. The Kier molecular flexibility index (Phi) is 2.43. The van der Waals surface area contributed by atoms with Crippen LogP contribution in [0.2, 0.25) is 0 Å². The number of hydrogen-bond donors (Lipinski definition) is 0. The second-order valence-corrected chi connectivity index (χ2v) is 3.54. The quantitative estimate of drug-likeness (QED) is 0.663. The molecule has 1 aliphatic carbocycles. The molecule has 0 unspecified atom stereocenters. The normalized spacial score (nSPS) is 17.5. The maximum absolute atomic E-state index is 5.03. The van der Waals surface area contributed by atoms with Crippen molar-refractivity contribution in [3.8, 4) is 0 Å². The highest BCUT2D eigenvalue weighted by Crippen LogP contribution is 2.24. The van der Waals surface area contributed by atoms with Crippen LogP contribution in [-0.2, 0) is 0 Å². The molecule has 0 saturated heterocycles. The molecule has 0 N–H and O–H groups in total. The fraction of sp³-hybridized carbons (Fsp3) is 0.600. The van der Waals surface area contributed by atoms with Crippen molar-refractivity contribution in [2.24, 2.45) is 0 Å². The molecule has 3 nitrogen and oxygen atoms in total. The Balaban J connectivity index is 2.09. The molecule has 0 aromatic carbocycles. The second kappa shape index (κ2) is 3.73. The van der Waals surface area contributed by atoms with Crippen LogP contribution < -0.4 is 0 Å². The Labute approximate surface area is 77.8 Å².